The van der Waals surface area contributed by atoms with E-state index < -0.39 is 0 Å². The maximum absolute atomic E-state index is 8.90. The average molecular weight is 179 g/mol. The first-order chi connectivity index (χ1) is 6.15. The van der Waals surface area contributed by atoms with Crippen LogP contribution in [0.4, 0.5) is 0 Å². The van der Waals surface area contributed by atoms with Gasteiger partial charge in [0.15, 0.2) is 0 Å². The summed E-state index contributed by atoms with van der Waals surface area (Å²) >= 11 is 0. The lowest BCUT2D eigenvalue weighted by molar-refractivity contribution is 0.240. The van der Waals surface area contributed by atoms with Crippen LogP contribution in [0.5, 0.6) is 5.75 Å². The van der Waals surface area contributed by atoms with Crippen molar-refractivity contribution in [1.29, 1.82) is 0 Å². The van der Waals surface area contributed by atoms with Gasteiger partial charge in [0.05, 0.1) is 6.10 Å². The van der Waals surface area contributed by atoms with E-state index in [1.807, 2.05) is 39.0 Å². The first-order valence-corrected chi connectivity index (χ1v) is 4.39. The molecule has 0 amide bonds. The lowest BCUT2D eigenvalue weighted by Gasteiger charge is -2.13. The molecule has 2 nitrogen and oxygen atoms in total. The third kappa shape index (κ3) is 2.46. The fourth-order valence-electron chi connectivity index (χ4n) is 1.15. The Bertz CT molecular complexity index is 279. The molecule has 1 N–H and O–H groups in total. The maximum Gasteiger partial charge on any atom is 0.122 e. The standard InChI is InChI=1S/C11H15O2/c1-8(2)13-11-6-4-5-10(7-12)9(11)3/h4-8,12H,1-3H3. The molecule has 0 heterocycles. The summed E-state index contributed by atoms with van der Waals surface area (Å²) < 4.78 is 5.56. The smallest absolute Gasteiger partial charge is 0.122 e. The van der Waals surface area contributed by atoms with Crippen LogP contribution < -0.4 is 4.74 Å². The van der Waals surface area contributed by atoms with Gasteiger partial charge in [0.25, 0.3) is 0 Å². The highest BCUT2D eigenvalue weighted by atomic mass is 16.5. The number of aliphatic hydroxyl groups is 1. The number of benzene rings is 1. The molecule has 0 atom stereocenters. The summed E-state index contributed by atoms with van der Waals surface area (Å²) in [5.74, 6) is 0.831. The Morgan fingerprint density at radius 3 is 2.62 bits per heavy atom. The monoisotopic (exact) mass is 179 g/mol. The lowest BCUT2D eigenvalue weighted by Crippen LogP contribution is -2.07. The fourth-order valence-corrected chi connectivity index (χ4v) is 1.15. The van der Waals surface area contributed by atoms with Gasteiger partial charge >= 0.3 is 0 Å². The summed E-state index contributed by atoms with van der Waals surface area (Å²) in [6.45, 7) is 6.99. The lowest BCUT2D eigenvalue weighted by atomic mass is 10.1. The molecule has 0 aliphatic heterocycles. The van der Waals surface area contributed by atoms with Crippen molar-refractivity contribution in [2.45, 2.75) is 26.9 Å². The Morgan fingerprint density at radius 2 is 2.08 bits per heavy atom. The summed E-state index contributed by atoms with van der Waals surface area (Å²) in [6.07, 6.45) is 0.160. The zero-order valence-electron chi connectivity index (χ0n) is 8.24. The number of hydrogen-bond acceptors (Lipinski definition) is 2. The van der Waals surface area contributed by atoms with Crippen LogP contribution in [-0.4, -0.2) is 11.2 Å². The van der Waals surface area contributed by atoms with Crippen LogP contribution >= 0.6 is 0 Å². The molecular weight excluding hydrogens is 164 g/mol. The minimum absolute atomic E-state index is 0.160. The molecule has 0 saturated heterocycles. The van der Waals surface area contributed by atoms with Crippen molar-refractivity contribution >= 4 is 0 Å². The Morgan fingerprint density at radius 1 is 1.38 bits per heavy atom. The average Bonchev–Trinajstić information content (AvgIpc) is 2.08. The van der Waals surface area contributed by atoms with Gasteiger partial charge in [0, 0.05) is 0 Å². The first-order valence-electron chi connectivity index (χ1n) is 4.39. The minimum atomic E-state index is 0.160. The Balaban J connectivity index is 2.94. The van der Waals surface area contributed by atoms with Gasteiger partial charge in [-0.25, -0.2) is 0 Å². The molecule has 0 bridgehead atoms. The molecule has 0 fully saturated rings. The van der Waals surface area contributed by atoms with Crippen molar-refractivity contribution in [1.82, 2.24) is 0 Å². The second kappa shape index (κ2) is 4.28. The minimum Gasteiger partial charge on any atom is -0.491 e. The number of hydrogen-bond donors (Lipinski definition) is 1. The molecule has 0 spiro atoms. The fraction of sp³-hybridized carbons (Fsp3) is 0.364. The molecule has 1 aromatic rings. The molecule has 2 heteroatoms. The summed E-state index contributed by atoms with van der Waals surface area (Å²) in [6, 6.07) is 5.62. The van der Waals surface area contributed by atoms with Crippen LogP contribution in [-0.2, 0) is 0 Å². The zero-order chi connectivity index (χ0) is 9.84. The largest absolute Gasteiger partial charge is 0.491 e. The highest BCUT2D eigenvalue weighted by Crippen LogP contribution is 2.22. The topological polar surface area (TPSA) is 29.5 Å². The van der Waals surface area contributed by atoms with E-state index in [0.717, 1.165) is 23.5 Å². The molecule has 1 radical (unpaired) electrons. The van der Waals surface area contributed by atoms with Crippen LogP contribution in [0.15, 0.2) is 18.2 Å². The van der Waals surface area contributed by atoms with E-state index in [1.54, 1.807) is 0 Å². The highest BCUT2D eigenvalue weighted by molar-refractivity contribution is 5.41. The number of rotatable bonds is 3. The summed E-state index contributed by atoms with van der Waals surface area (Å²) in [5, 5.41) is 8.90. The van der Waals surface area contributed by atoms with E-state index in [0.29, 0.717) is 0 Å². The van der Waals surface area contributed by atoms with Crippen LogP contribution in [0.1, 0.15) is 25.0 Å². The van der Waals surface area contributed by atoms with E-state index in [-0.39, 0.29) is 6.10 Å². The van der Waals surface area contributed by atoms with Crippen LogP contribution in [0.2, 0.25) is 0 Å². The Kier molecular flexibility index (Phi) is 3.32. The van der Waals surface area contributed by atoms with Crippen molar-refractivity contribution in [3.63, 3.8) is 0 Å². The molecule has 0 unspecified atom stereocenters. The van der Waals surface area contributed by atoms with Crippen molar-refractivity contribution in [2.24, 2.45) is 0 Å². The van der Waals surface area contributed by atoms with Gasteiger partial charge in [0.1, 0.15) is 12.4 Å². The predicted molar refractivity (Wildman–Crippen MR) is 52.3 cm³/mol. The summed E-state index contributed by atoms with van der Waals surface area (Å²) in [7, 11) is 0. The quantitative estimate of drug-likeness (QED) is 0.773. The van der Waals surface area contributed by atoms with Crippen LogP contribution in [0.25, 0.3) is 0 Å². The highest BCUT2D eigenvalue weighted by Gasteiger charge is 2.05. The van der Waals surface area contributed by atoms with Crippen molar-refractivity contribution < 1.29 is 9.84 Å². The SMILES string of the molecule is Cc1c([CH]O)cccc1OC(C)C. The maximum atomic E-state index is 8.90. The molecule has 1 aromatic carbocycles. The molecule has 1 rings (SSSR count). The van der Waals surface area contributed by atoms with E-state index >= 15 is 0 Å². The third-order valence-electron chi connectivity index (χ3n) is 1.83. The second-order valence-electron chi connectivity index (χ2n) is 3.27. The van der Waals surface area contributed by atoms with E-state index in [2.05, 4.69) is 0 Å². The van der Waals surface area contributed by atoms with E-state index in [4.69, 9.17) is 9.84 Å². The number of ether oxygens (including phenoxy) is 1. The first kappa shape index (κ1) is 10.1. The summed E-state index contributed by atoms with van der Waals surface area (Å²) in [5.41, 5.74) is 1.77. The van der Waals surface area contributed by atoms with Gasteiger partial charge in [0.2, 0.25) is 0 Å². The molecular formula is C11H15O2. The molecule has 0 aromatic heterocycles. The molecule has 0 saturated carbocycles. The van der Waals surface area contributed by atoms with Crippen molar-refractivity contribution in [3.05, 3.63) is 35.9 Å². The molecule has 0 aliphatic rings. The van der Waals surface area contributed by atoms with Gasteiger partial charge in [-0.05, 0) is 38.0 Å². The van der Waals surface area contributed by atoms with Crippen LogP contribution in [0, 0.1) is 13.5 Å². The third-order valence-corrected chi connectivity index (χ3v) is 1.83. The van der Waals surface area contributed by atoms with Crippen LogP contribution in [0.3, 0.4) is 0 Å². The van der Waals surface area contributed by atoms with Crippen molar-refractivity contribution in [3.8, 4) is 5.75 Å². The van der Waals surface area contributed by atoms with Crippen molar-refractivity contribution in [2.75, 3.05) is 0 Å². The van der Waals surface area contributed by atoms with Gasteiger partial charge in [-0.2, -0.15) is 0 Å². The van der Waals surface area contributed by atoms with Gasteiger partial charge < -0.3 is 9.84 Å². The van der Waals surface area contributed by atoms with Gasteiger partial charge in [-0.1, -0.05) is 12.1 Å². The second-order valence-corrected chi connectivity index (χ2v) is 3.27. The molecule has 13 heavy (non-hydrogen) atoms. The van der Waals surface area contributed by atoms with E-state index in [9.17, 15) is 0 Å². The molecule has 71 valence electrons. The van der Waals surface area contributed by atoms with Gasteiger partial charge in [-0.15, -0.1) is 0 Å². The predicted octanol–water partition coefficient (Wildman–Crippen LogP) is 2.66. The summed E-state index contributed by atoms with van der Waals surface area (Å²) in [4.78, 5) is 0. The zero-order valence-corrected chi connectivity index (χ0v) is 8.24. The Hall–Kier alpha value is -1.02. The Labute approximate surface area is 79.2 Å². The number of aliphatic hydroxyl groups excluding tert-OH is 1. The van der Waals surface area contributed by atoms with Gasteiger partial charge in [-0.3, -0.25) is 0 Å². The normalized spacial score (nSPS) is 10.5. The van der Waals surface area contributed by atoms with E-state index in [1.165, 1.54) is 0 Å². The molecule has 0 aliphatic carbocycles.